The van der Waals surface area contributed by atoms with Crippen molar-refractivity contribution in [2.24, 2.45) is 0 Å². The van der Waals surface area contributed by atoms with Crippen LogP contribution in [-0.4, -0.2) is 22.0 Å². The molecule has 0 bridgehead atoms. The van der Waals surface area contributed by atoms with Crippen LogP contribution < -0.4 is 9.62 Å². The van der Waals surface area contributed by atoms with Gasteiger partial charge in [-0.15, -0.1) is 0 Å². The van der Waals surface area contributed by atoms with Gasteiger partial charge < -0.3 is 5.32 Å². The second kappa shape index (κ2) is 6.18. The Labute approximate surface area is 126 Å². The second-order valence-corrected chi connectivity index (χ2v) is 6.65. The highest BCUT2D eigenvalue weighted by Gasteiger charge is 2.23. The minimum atomic E-state index is -3.54. The Morgan fingerprint density at radius 2 is 1.76 bits per heavy atom. The van der Waals surface area contributed by atoms with Crippen LogP contribution in [0.3, 0.4) is 0 Å². The summed E-state index contributed by atoms with van der Waals surface area (Å²) in [6.07, 6.45) is 0. The molecule has 0 atom stereocenters. The molecule has 0 spiro atoms. The molecule has 2 rings (SSSR count). The fourth-order valence-electron chi connectivity index (χ4n) is 2.20. The molecule has 0 amide bonds. The quantitative estimate of drug-likeness (QED) is 0.922. The molecule has 4 nitrogen and oxygen atoms in total. The maximum absolute atomic E-state index is 12.8. The van der Waals surface area contributed by atoms with E-state index in [2.05, 4.69) is 5.32 Å². The second-order valence-electron chi connectivity index (χ2n) is 4.78. The SMILES string of the molecule is CCN(c1cccc(C)c1)S(=O)(=O)c1ccc(NC)cc1. The maximum atomic E-state index is 12.8. The zero-order valence-corrected chi connectivity index (χ0v) is 13.3. The first-order chi connectivity index (χ1) is 9.98. The molecule has 0 heterocycles. The van der Waals surface area contributed by atoms with Crippen LogP contribution in [0.25, 0.3) is 0 Å². The number of nitrogens with one attached hydrogen (secondary N) is 1. The summed E-state index contributed by atoms with van der Waals surface area (Å²) in [4.78, 5) is 0.296. The fourth-order valence-corrected chi connectivity index (χ4v) is 3.66. The van der Waals surface area contributed by atoms with Crippen LogP contribution >= 0.6 is 0 Å². The van der Waals surface area contributed by atoms with Gasteiger partial charge >= 0.3 is 0 Å². The number of rotatable bonds is 5. The summed E-state index contributed by atoms with van der Waals surface area (Å²) in [6, 6.07) is 14.3. The summed E-state index contributed by atoms with van der Waals surface area (Å²) in [5.74, 6) is 0. The van der Waals surface area contributed by atoms with Crippen molar-refractivity contribution in [2.45, 2.75) is 18.7 Å². The minimum Gasteiger partial charge on any atom is -0.388 e. The molecule has 0 aliphatic heterocycles. The maximum Gasteiger partial charge on any atom is 0.264 e. The molecule has 0 fully saturated rings. The summed E-state index contributed by atoms with van der Waals surface area (Å²) >= 11 is 0. The van der Waals surface area contributed by atoms with E-state index in [4.69, 9.17) is 0 Å². The smallest absolute Gasteiger partial charge is 0.264 e. The van der Waals surface area contributed by atoms with Gasteiger partial charge in [0.05, 0.1) is 10.6 Å². The summed E-state index contributed by atoms with van der Waals surface area (Å²) < 4.78 is 27.0. The molecular weight excluding hydrogens is 284 g/mol. The number of hydrogen-bond acceptors (Lipinski definition) is 3. The van der Waals surface area contributed by atoms with Crippen LogP contribution in [0, 0.1) is 6.92 Å². The number of sulfonamides is 1. The Kier molecular flexibility index (Phi) is 4.53. The molecule has 0 aromatic heterocycles. The van der Waals surface area contributed by atoms with E-state index >= 15 is 0 Å². The van der Waals surface area contributed by atoms with Gasteiger partial charge in [0.15, 0.2) is 0 Å². The van der Waals surface area contributed by atoms with Crippen molar-refractivity contribution in [3.05, 3.63) is 54.1 Å². The summed E-state index contributed by atoms with van der Waals surface area (Å²) in [7, 11) is -1.74. The van der Waals surface area contributed by atoms with Crippen LogP contribution in [0.2, 0.25) is 0 Å². The van der Waals surface area contributed by atoms with Crippen molar-refractivity contribution < 1.29 is 8.42 Å². The predicted octanol–water partition coefficient (Wildman–Crippen LogP) is 3.25. The lowest BCUT2D eigenvalue weighted by molar-refractivity contribution is 0.592. The Morgan fingerprint density at radius 3 is 2.29 bits per heavy atom. The fraction of sp³-hybridized carbons (Fsp3) is 0.250. The van der Waals surface area contributed by atoms with Gasteiger partial charge in [0, 0.05) is 19.3 Å². The van der Waals surface area contributed by atoms with Crippen LogP contribution in [0.4, 0.5) is 11.4 Å². The summed E-state index contributed by atoms with van der Waals surface area (Å²) in [5, 5.41) is 2.98. The van der Waals surface area contributed by atoms with Crippen LogP contribution in [0.5, 0.6) is 0 Å². The topological polar surface area (TPSA) is 49.4 Å². The number of nitrogens with zero attached hydrogens (tertiary/aromatic N) is 1. The van der Waals surface area contributed by atoms with Gasteiger partial charge in [0.25, 0.3) is 10.0 Å². The molecule has 0 unspecified atom stereocenters. The summed E-state index contributed by atoms with van der Waals surface area (Å²) in [5.41, 5.74) is 2.61. The molecule has 0 aliphatic rings. The van der Waals surface area contributed by atoms with E-state index in [0.717, 1.165) is 11.3 Å². The van der Waals surface area contributed by atoms with E-state index < -0.39 is 10.0 Å². The number of aryl methyl sites for hydroxylation is 1. The van der Waals surface area contributed by atoms with E-state index in [1.807, 2.05) is 38.1 Å². The monoisotopic (exact) mass is 304 g/mol. The highest BCUT2D eigenvalue weighted by molar-refractivity contribution is 7.92. The standard InChI is InChI=1S/C16H20N2O2S/c1-4-18(15-7-5-6-13(2)12-15)21(19,20)16-10-8-14(17-3)9-11-16/h5-12,17H,4H2,1-3H3. The lowest BCUT2D eigenvalue weighted by atomic mass is 10.2. The van der Waals surface area contributed by atoms with Gasteiger partial charge in [-0.2, -0.15) is 0 Å². The lowest BCUT2D eigenvalue weighted by Crippen LogP contribution is -2.30. The average molecular weight is 304 g/mol. The van der Waals surface area contributed by atoms with Crippen molar-refractivity contribution in [1.82, 2.24) is 0 Å². The molecule has 2 aromatic carbocycles. The first-order valence-electron chi connectivity index (χ1n) is 6.86. The Balaban J connectivity index is 2.44. The highest BCUT2D eigenvalue weighted by atomic mass is 32.2. The molecule has 0 aliphatic carbocycles. The Morgan fingerprint density at radius 1 is 1.10 bits per heavy atom. The third-order valence-corrected chi connectivity index (χ3v) is 5.23. The molecule has 112 valence electrons. The van der Waals surface area contributed by atoms with Gasteiger partial charge in [0.1, 0.15) is 0 Å². The normalized spacial score (nSPS) is 11.2. The van der Waals surface area contributed by atoms with Crippen molar-refractivity contribution in [2.75, 3.05) is 23.2 Å². The highest BCUT2D eigenvalue weighted by Crippen LogP contribution is 2.25. The minimum absolute atomic E-state index is 0.296. The number of benzene rings is 2. The number of hydrogen-bond donors (Lipinski definition) is 1. The van der Waals surface area contributed by atoms with E-state index in [9.17, 15) is 8.42 Å². The number of anilines is 2. The molecule has 0 radical (unpaired) electrons. The third kappa shape index (κ3) is 3.19. The zero-order chi connectivity index (χ0) is 15.5. The van der Waals surface area contributed by atoms with Gasteiger partial charge in [-0.1, -0.05) is 12.1 Å². The van der Waals surface area contributed by atoms with Crippen molar-refractivity contribution in [3.63, 3.8) is 0 Å². The van der Waals surface area contributed by atoms with Crippen molar-refractivity contribution in [1.29, 1.82) is 0 Å². The Hall–Kier alpha value is -2.01. The van der Waals surface area contributed by atoms with E-state index in [-0.39, 0.29) is 0 Å². The van der Waals surface area contributed by atoms with Gasteiger partial charge in [-0.05, 0) is 55.8 Å². The summed E-state index contributed by atoms with van der Waals surface area (Å²) in [6.45, 7) is 4.17. The van der Waals surface area contributed by atoms with Crippen LogP contribution in [-0.2, 0) is 10.0 Å². The molecule has 1 N–H and O–H groups in total. The van der Waals surface area contributed by atoms with Crippen molar-refractivity contribution >= 4 is 21.4 Å². The molecule has 21 heavy (non-hydrogen) atoms. The average Bonchev–Trinajstić information content (AvgIpc) is 2.48. The predicted molar refractivity (Wildman–Crippen MR) is 87.4 cm³/mol. The van der Waals surface area contributed by atoms with E-state index in [1.165, 1.54) is 4.31 Å². The third-order valence-electron chi connectivity index (χ3n) is 3.31. The van der Waals surface area contributed by atoms with Crippen molar-refractivity contribution in [3.8, 4) is 0 Å². The Bertz CT molecular complexity index is 709. The first kappa shape index (κ1) is 15.4. The lowest BCUT2D eigenvalue weighted by Gasteiger charge is -2.23. The first-order valence-corrected chi connectivity index (χ1v) is 8.30. The van der Waals surface area contributed by atoms with Gasteiger partial charge in [-0.3, -0.25) is 4.31 Å². The zero-order valence-electron chi connectivity index (χ0n) is 12.5. The molecule has 5 heteroatoms. The molecule has 0 saturated carbocycles. The van der Waals surface area contributed by atoms with E-state index in [0.29, 0.717) is 17.1 Å². The van der Waals surface area contributed by atoms with Crippen LogP contribution in [0.15, 0.2) is 53.4 Å². The van der Waals surface area contributed by atoms with E-state index in [1.54, 1.807) is 31.3 Å². The van der Waals surface area contributed by atoms with Gasteiger partial charge in [-0.25, -0.2) is 8.42 Å². The molecule has 2 aromatic rings. The molecular formula is C16H20N2O2S. The molecule has 0 saturated heterocycles. The van der Waals surface area contributed by atoms with Crippen LogP contribution in [0.1, 0.15) is 12.5 Å². The van der Waals surface area contributed by atoms with Gasteiger partial charge in [0.2, 0.25) is 0 Å². The largest absolute Gasteiger partial charge is 0.388 e.